The summed E-state index contributed by atoms with van der Waals surface area (Å²) in [5, 5.41) is 18.8. The zero-order valence-corrected chi connectivity index (χ0v) is 13.1. The standard InChI is InChI=1S/C15H26N2O3/c1-14(2,3)20-13(19)17-10-15(4,5)8-6-11(17)12(18)7-9-16/h11-12,18H,6-8,10H2,1-5H3. The molecule has 0 aliphatic carbocycles. The van der Waals surface area contributed by atoms with Crippen molar-refractivity contribution in [2.24, 2.45) is 5.41 Å². The van der Waals surface area contributed by atoms with Crippen LogP contribution < -0.4 is 0 Å². The molecule has 1 N–H and O–H groups in total. The van der Waals surface area contributed by atoms with Crippen LogP contribution in [-0.4, -0.2) is 40.4 Å². The number of aliphatic hydroxyl groups excluding tert-OH is 1. The monoisotopic (exact) mass is 282 g/mol. The van der Waals surface area contributed by atoms with Crippen LogP contribution in [0.1, 0.15) is 53.9 Å². The molecule has 0 saturated carbocycles. The van der Waals surface area contributed by atoms with Gasteiger partial charge in [-0.15, -0.1) is 0 Å². The number of hydrogen-bond donors (Lipinski definition) is 1. The number of nitrogens with zero attached hydrogens (tertiary/aromatic N) is 2. The number of ether oxygens (including phenoxy) is 1. The quantitative estimate of drug-likeness (QED) is 0.845. The van der Waals surface area contributed by atoms with Crippen molar-refractivity contribution in [1.29, 1.82) is 5.26 Å². The molecule has 1 aliphatic heterocycles. The van der Waals surface area contributed by atoms with E-state index in [0.717, 1.165) is 6.42 Å². The lowest BCUT2D eigenvalue weighted by molar-refractivity contribution is -0.0360. The van der Waals surface area contributed by atoms with Crippen molar-refractivity contribution in [1.82, 2.24) is 4.90 Å². The first-order chi connectivity index (χ1) is 9.06. The van der Waals surface area contributed by atoms with E-state index in [4.69, 9.17) is 10.00 Å². The summed E-state index contributed by atoms with van der Waals surface area (Å²) in [6.45, 7) is 10.2. The maximum Gasteiger partial charge on any atom is 0.410 e. The molecule has 5 heteroatoms. The summed E-state index contributed by atoms with van der Waals surface area (Å²) in [4.78, 5) is 13.9. The molecule has 1 rings (SSSR count). The number of likely N-dealkylation sites (tertiary alicyclic amines) is 1. The van der Waals surface area contributed by atoms with Crippen LogP contribution in [0, 0.1) is 16.7 Å². The lowest BCUT2D eigenvalue weighted by atomic mass is 9.80. The third-order valence-electron chi connectivity index (χ3n) is 3.49. The van der Waals surface area contributed by atoms with E-state index in [1.54, 1.807) is 4.90 Å². The molecule has 5 nitrogen and oxygen atoms in total. The highest BCUT2D eigenvalue weighted by Crippen LogP contribution is 2.34. The van der Waals surface area contributed by atoms with Gasteiger partial charge in [-0.2, -0.15) is 5.26 Å². The van der Waals surface area contributed by atoms with Crippen LogP contribution in [0.3, 0.4) is 0 Å². The molecular formula is C15H26N2O3. The van der Waals surface area contributed by atoms with E-state index in [0.29, 0.717) is 13.0 Å². The maximum atomic E-state index is 12.3. The number of aliphatic hydroxyl groups is 1. The predicted octanol–water partition coefficient (Wildman–Crippen LogP) is 2.69. The molecule has 2 atom stereocenters. The summed E-state index contributed by atoms with van der Waals surface area (Å²) in [7, 11) is 0. The molecule has 1 heterocycles. The SMILES string of the molecule is CC1(C)CCC(C(O)CC#N)N(C(=O)OC(C)(C)C)C1. The highest BCUT2D eigenvalue weighted by atomic mass is 16.6. The van der Waals surface area contributed by atoms with Gasteiger partial charge in [0.25, 0.3) is 0 Å². The van der Waals surface area contributed by atoms with Crippen molar-refractivity contribution in [3.63, 3.8) is 0 Å². The van der Waals surface area contributed by atoms with Crippen LogP contribution in [0.25, 0.3) is 0 Å². The van der Waals surface area contributed by atoms with Crippen LogP contribution in [0.2, 0.25) is 0 Å². The molecule has 0 radical (unpaired) electrons. The van der Waals surface area contributed by atoms with Crippen LogP contribution in [0.15, 0.2) is 0 Å². The second-order valence-electron chi connectivity index (χ2n) is 7.31. The molecule has 1 fully saturated rings. The number of hydrogen-bond acceptors (Lipinski definition) is 4. The third-order valence-corrected chi connectivity index (χ3v) is 3.49. The molecule has 114 valence electrons. The van der Waals surface area contributed by atoms with E-state index in [9.17, 15) is 9.90 Å². The number of amides is 1. The highest BCUT2D eigenvalue weighted by molar-refractivity contribution is 5.69. The van der Waals surface area contributed by atoms with Gasteiger partial charge in [0.2, 0.25) is 0 Å². The average Bonchev–Trinajstić information content (AvgIpc) is 2.25. The Hall–Kier alpha value is -1.28. The number of piperidine rings is 1. The molecule has 0 aromatic rings. The molecule has 1 saturated heterocycles. The molecule has 0 spiro atoms. The lowest BCUT2D eigenvalue weighted by Crippen LogP contribution is -2.55. The first-order valence-corrected chi connectivity index (χ1v) is 7.10. The Morgan fingerprint density at radius 1 is 1.55 bits per heavy atom. The fourth-order valence-corrected chi connectivity index (χ4v) is 2.50. The third kappa shape index (κ3) is 4.68. The van der Waals surface area contributed by atoms with Crippen LogP contribution in [0.4, 0.5) is 4.79 Å². The second-order valence-corrected chi connectivity index (χ2v) is 7.31. The Kier molecular flexibility index (Phi) is 5.04. The minimum atomic E-state index is -0.816. The van der Waals surface area contributed by atoms with E-state index >= 15 is 0 Å². The summed E-state index contributed by atoms with van der Waals surface area (Å²) in [6.07, 6.45) is 0.412. The molecule has 0 bridgehead atoms. The average molecular weight is 282 g/mol. The fourth-order valence-electron chi connectivity index (χ4n) is 2.50. The van der Waals surface area contributed by atoms with Gasteiger partial charge >= 0.3 is 6.09 Å². The van der Waals surface area contributed by atoms with E-state index in [1.807, 2.05) is 26.8 Å². The molecule has 1 amide bonds. The van der Waals surface area contributed by atoms with Crippen molar-refractivity contribution in [3.8, 4) is 6.07 Å². The Balaban J connectivity index is 2.88. The van der Waals surface area contributed by atoms with E-state index in [2.05, 4.69) is 13.8 Å². The Morgan fingerprint density at radius 2 is 2.15 bits per heavy atom. The largest absolute Gasteiger partial charge is 0.444 e. The zero-order chi connectivity index (χ0) is 15.6. The Labute approximate surface area is 121 Å². The van der Waals surface area contributed by atoms with Crippen molar-refractivity contribution in [2.45, 2.75) is 71.6 Å². The summed E-state index contributed by atoms with van der Waals surface area (Å²) in [5.74, 6) is 0. The predicted molar refractivity (Wildman–Crippen MR) is 76.0 cm³/mol. The molecule has 20 heavy (non-hydrogen) atoms. The van der Waals surface area contributed by atoms with Crippen LogP contribution in [0.5, 0.6) is 0 Å². The van der Waals surface area contributed by atoms with E-state index in [1.165, 1.54) is 0 Å². The van der Waals surface area contributed by atoms with Gasteiger partial charge in [-0.3, -0.25) is 0 Å². The summed E-state index contributed by atoms with van der Waals surface area (Å²) in [6, 6.07) is 1.63. The number of rotatable bonds is 2. The van der Waals surface area contributed by atoms with Gasteiger partial charge in [0, 0.05) is 6.54 Å². The lowest BCUT2D eigenvalue weighted by Gasteiger charge is -2.45. The molecular weight excluding hydrogens is 256 g/mol. The Morgan fingerprint density at radius 3 is 2.65 bits per heavy atom. The van der Waals surface area contributed by atoms with Gasteiger partial charge in [0.05, 0.1) is 24.6 Å². The molecule has 0 aromatic carbocycles. The van der Waals surface area contributed by atoms with Gasteiger partial charge in [0.15, 0.2) is 0 Å². The number of carbonyl (C=O) groups excluding carboxylic acids is 1. The number of nitriles is 1. The first-order valence-electron chi connectivity index (χ1n) is 7.10. The topological polar surface area (TPSA) is 73.6 Å². The summed E-state index contributed by atoms with van der Waals surface area (Å²) >= 11 is 0. The van der Waals surface area contributed by atoms with E-state index < -0.39 is 17.8 Å². The minimum Gasteiger partial charge on any atom is -0.444 e. The van der Waals surface area contributed by atoms with Crippen molar-refractivity contribution in [2.75, 3.05) is 6.54 Å². The van der Waals surface area contributed by atoms with Crippen molar-refractivity contribution in [3.05, 3.63) is 0 Å². The highest BCUT2D eigenvalue weighted by Gasteiger charge is 2.40. The van der Waals surface area contributed by atoms with Crippen LogP contribution in [-0.2, 0) is 4.74 Å². The van der Waals surface area contributed by atoms with Gasteiger partial charge in [0.1, 0.15) is 5.60 Å². The van der Waals surface area contributed by atoms with E-state index in [-0.39, 0.29) is 17.9 Å². The normalized spacial score (nSPS) is 23.9. The summed E-state index contributed by atoms with van der Waals surface area (Å²) < 4.78 is 5.42. The summed E-state index contributed by atoms with van der Waals surface area (Å²) in [5.41, 5.74) is -0.566. The molecule has 0 aromatic heterocycles. The Bertz CT molecular complexity index is 393. The van der Waals surface area contributed by atoms with Gasteiger partial charge in [-0.05, 0) is 39.0 Å². The number of carbonyl (C=O) groups is 1. The van der Waals surface area contributed by atoms with Gasteiger partial charge in [-0.25, -0.2) is 4.79 Å². The second kappa shape index (κ2) is 6.01. The zero-order valence-electron chi connectivity index (χ0n) is 13.1. The first kappa shape index (κ1) is 16.8. The smallest absolute Gasteiger partial charge is 0.410 e. The minimum absolute atomic E-state index is 0.000231. The molecule has 2 unspecified atom stereocenters. The molecule has 1 aliphatic rings. The maximum absolute atomic E-state index is 12.3. The van der Waals surface area contributed by atoms with Crippen molar-refractivity contribution < 1.29 is 14.6 Å². The van der Waals surface area contributed by atoms with Crippen molar-refractivity contribution >= 4 is 6.09 Å². The van der Waals surface area contributed by atoms with Crippen LogP contribution >= 0.6 is 0 Å². The fraction of sp³-hybridized carbons (Fsp3) is 0.867. The van der Waals surface area contributed by atoms with Gasteiger partial charge in [-0.1, -0.05) is 13.8 Å². The van der Waals surface area contributed by atoms with Gasteiger partial charge < -0.3 is 14.7 Å².